The number of para-hydroxylation sites is 1. The van der Waals surface area contributed by atoms with Gasteiger partial charge in [-0.15, -0.1) is 12.4 Å². The van der Waals surface area contributed by atoms with E-state index in [2.05, 4.69) is 31.3 Å². The van der Waals surface area contributed by atoms with Crippen LogP contribution in [0.5, 0.6) is 11.5 Å². The van der Waals surface area contributed by atoms with Gasteiger partial charge in [0, 0.05) is 12.1 Å². The molecule has 0 aliphatic heterocycles. The number of aliphatic hydroxyl groups is 1. The van der Waals surface area contributed by atoms with Crippen LogP contribution in [-0.2, 0) is 6.42 Å². The lowest BCUT2D eigenvalue weighted by atomic mass is 9.85. The summed E-state index contributed by atoms with van der Waals surface area (Å²) in [5, 5.41) is 13.9. The molecule has 1 unspecified atom stereocenters. The van der Waals surface area contributed by atoms with Crippen molar-refractivity contribution < 1.29 is 14.6 Å². The highest BCUT2D eigenvalue weighted by Gasteiger charge is 2.26. The highest BCUT2D eigenvalue weighted by Crippen LogP contribution is 2.23. The molecule has 4 nitrogen and oxygen atoms in total. The second kappa shape index (κ2) is 11.9. The number of halogens is 1. The number of β-amino-alcohol motifs (C(OH)–C–C–N with tert-alkyl or cyclic N) is 1. The molecule has 0 bridgehead atoms. The summed E-state index contributed by atoms with van der Waals surface area (Å²) in [4.78, 5) is 0. The first-order valence-corrected chi connectivity index (χ1v) is 9.34. The van der Waals surface area contributed by atoms with Gasteiger partial charge in [0.15, 0.2) is 0 Å². The van der Waals surface area contributed by atoms with E-state index in [1.807, 2.05) is 42.5 Å². The Kier molecular flexibility index (Phi) is 10.2. The molecule has 0 saturated carbocycles. The lowest BCUT2D eigenvalue weighted by Gasteiger charge is -2.34. The van der Waals surface area contributed by atoms with E-state index in [4.69, 9.17) is 9.47 Å². The molecule has 0 aliphatic rings. The molecule has 2 aromatic rings. The van der Waals surface area contributed by atoms with Crippen molar-refractivity contribution >= 4 is 12.4 Å². The van der Waals surface area contributed by atoms with Crippen LogP contribution in [0.4, 0.5) is 0 Å². The molecule has 150 valence electrons. The van der Waals surface area contributed by atoms with E-state index in [9.17, 15) is 5.11 Å². The van der Waals surface area contributed by atoms with Gasteiger partial charge in [-0.1, -0.05) is 44.2 Å². The molecule has 27 heavy (non-hydrogen) atoms. The molecular weight excluding hydrogens is 362 g/mol. The van der Waals surface area contributed by atoms with Gasteiger partial charge in [-0.3, -0.25) is 0 Å². The molecule has 0 heterocycles. The zero-order valence-corrected chi connectivity index (χ0v) is 17.3. The summed E-state index contributed by atoms with van der Waals surface area (Å²) < 4.78 is 10.9. The van der Waals surface area contributed by atoms with E-state index < -0.39 is 6.10 Å². The first-order chi connectivity index (χ1) is 12.6. The van der Waals surface area contributed by atoms with Crippen LogP contribution in [0.3, 0.4) is 0 Å². The molecule has 5 heteroatoms. The summed E-state index contributed by atoms with van der Waals surface area (Å²) in [7, 11) is 1.68. The monoisotopic (exact) mass is 393 g/mol. The van der Waals surface area contributed by atoms with Crippen LogP contribution in [0.25, 0.3) is 0 Å². The van der Waals surface area contributed by atoms with Crippen molar-refractivity contribution in [2.75, 3.05) is 20.3 Å². The summed E-state index contributed by atoms with van der Waals surface area (Å²) in [5.74, 6) is 1.65. The van der Waals surface area contributed by atoms with Crippen LogP contribution in [0.15, 0.2) is 54.6 Å². The van der Waals surface area contributed by atoms with E-state index in [0.29, 0.717) is 6.54 Å². The fourth-order valence-corrected chi connectivity index (χ4v) is 3.05. The smallest absolute Gasteiger partial charge is 0.119 e. The standard InChI is InChI=1S/C22H31NO3.ClH/c1-4-22(5-2,15-18-11-13-20(25-3)14-12-18)23-16-19(24)17-26-21-9-7-6-8-10-21;/h6-14,19,23-24H,4-5,15-17H2,1-3H3;1H. The second-order valence-corrected chi connectivity index (χ2v) is 6.67. The fourth-order valence-electron chi connectivity index (χ4n) is 3.05. The Morgan fingerprint density at radius 2 is 1.59 bits per heavy atom. The zero-order chi connectivity index (χ0) is 18.8. The topological polar surface area (TPSA) is 50.7 Å². The number of nitrogens with one attached hydrogen (secondary N) is 1. The van der Waals surface area contributed by atoms with Crippen molar-refractivity contribution in [1.29, 1.82) is 0 Å². The molecule has 2 N–H and O–H groups in total. The van der Waals surface area contributed by atoms with Crippen molar-refractivity contribution in [1.82, 2.24) is 5.32 Å². The first-order valence-electron chi connectivity index (χ1n) is 9.34. The van der Waals surface area contributed by atoms with Crippen molar-refractivity contribution in [2.45, 2.75) is 44.8 Å². The second-order valence-electron chi connectivity index (χ2n) is 6.67. The molecule has 0 spiro atoms. The van der Waals surface area contributed by atoms with E-state index in [0.717, 1.165) is 30.8 Å². The molecule has 2 rings (SSSR count). The lowest BCUT2D eigenvalue weighted by Crippen LogP contribution is -2.49. The molecule has 0 aliphatic carbocycles. The highest BCUT2D eigenvalue weighted by atomic mass is 35.5. The highest BCUT2D eigenvalue weighted by molar-refractivity contribution is 5.85. The van der Waals surface area contributed by atoms with Gasteiger partial charge in [-0.2, -0.15) is 0 Å². The maximum Gasteiger partial charge on any atom is 0.119 e. The largest absolute Gasteiger partial charge is 0.497 e. The SMILES string of the molecule is CCC(CC)(Cc1ccc(OC)cc1)NCC(O)COc1ccccc1.Cl. The number of rotatable bonds is 11. The van der Waals surface area contributed by atoms with E-state index in [1.165, 1.54) is 5.56 Å². The molecule has 0 saturated heterocycles. The van der Waals surface area contributed by atoms with Gasteiger partial charge in [0.2, 0.25) is 0 Å². The average molecular weight is 394 g/mol. The zero-order valence-electron chi connectivity index (χ0n) is 16.5. The minimum Gasteiger partial charge on any atom is -0.497 e. The van der Waals surface area contributed by atoms with Crippen LogP contribution in [0.1, 0.15) is 32.3 Å². The van der Waals surface area contributed by atoms with Crippen molar-refractivity contribution in [3.63, 3.8) is 0 Å². The number of ether oxygens (including phenoxy) is 2. The Labute approximate surface area is 169 Å². The number of aliphatic hydroxyl groups excluding tert-OH is 1. The van der Waals surface area contributed by atoms with Gasteiger partial charge in [0.05, 0.1) is 7.11 Å². The van der Waals surface area contributed by atoms with Gasteiger partial charge in [-0.25, -0.2) is 0 Å². The maximum absolute atomic E-state index is 10.3. The Hall–Kier alpha value is -1.75. The van der Waals surface area contributed by atoms with Crippen LogP contribution in [-0.4, -0.2) is 37.0 Å². The Morgan fingerprint density at radius 1 is 0.963 bits per heavy atom. The van der Waals surface area contributed by atoms with Crippen LogP contribution >= 0.6 is 12.4 Å². The summed E-state index contributed by atoms with van der Waals surface area (Å²) in [6.45, 7) is 5.16. The van der Waals surface area contributed by atoms with Gasteiger partial charge in [0.25, 0.3) is 0 Å². The fraction of sp³-hybridized carbons (Fsp3) is 0.455. The van der Waals surface area contributed by atoms with Gasteiger partial charge in [-0.05, 0) is 49.1 Å². The normalized spacial score (nSPS) is 12.1. The van der Waals surface area contributed by atoms with Crippen molar-refractivity contribution in [3.8, 4) is 11.5 Å². The Balaban J connectivity index is 0.00000364. The first kappa shape index (κ1) is 23.3. The molecule has 2 aromatic carbocycles. The third-order valence-corrected chi connectivity index (χ3v) is 4.95. The molecule has 0 amide bonds. The minimum atomic E-state index is -0.552. The number of hydrogen-bond acceptors (Lipinski definition) is 4. The molecule has 0 radical (unpaired) electrons. The van der Waals surface area contributed by atoms with Crippen LogP contribution < -0.4 is 14.8 Å². The maximum atomic E-state index is 10.3. The summed E-state index contributed by atoms with van der Waals surface area (Å²) in [6, 6.07) is 17.8. The summed E-state index contributed by atoms with van der Waals surface area (Å²) >= 11 is 0. The average Bonchev–Trinajstić information content (AvgIpc) is 2.71. The molecule has 0 fully saturated rings. The third kappa shape index (κ3) is 7.41. The summed E-state index contributed by atoms with van der Waals surface area (Å²) in [5.41, 5.74) is 1.22. The van der Waals surface area contributed by atoms with E-state index >= 15 is 0 Å². The van der Waals surface area contributed by atoms with Crippen LogP contribution in [0, 0.1) is 0 Å². The van der Waals surface area contributed by atoms with Crippen molar-refractivity contribution in [3.05, 3.63) is 60.2 Å². The number of hydrogen-bond donors (Lipinski definition) is 2. The molecule has 0 aromatic heterocycles. The predicted octanol–water partition coefficient (Wildman–Crippen LogP) is 4.25. The predicted molar refractivity (Wildman–Crippen MR) is 113 cm³/mol. The minimum absolute atomic E-state index is 0. The van der Waals surface area contributed by atoms with E-state index in [1.54, 1.807) is 7.11 Å². The molecular formula is C22H32ClNO3. The molecule has 1 atom stereocenters. The third-order valence-electron chi connectivity index (χ3n) is 4.95. The van der Waals surface area contributed by atoms with Gasteiger partial charge < -0.3 is 19.9 Å². The van der Waals surface area contributed by atoms with Crippen LogP contribution in [0.2, 0.25) is 0 Å². The van der Waals surface area contributed by atoms with Gasteiger partial charge >= 0.3 is 0 Å². The van der Waals surface area contributed by atoms with Crippen molar-refractivity contribution in [2.24, 2.45) is 0 Å². The Morgan fingerprint density at radius 3 is 2.15 bits per heavy atom. The number of methoxy groups -OCH3 is 1. The summed E-state index contributed by atoms with van der Waals surface area (Å²) in [6.07, 6.45) is 2.34. The van der Waals surface area contributed by atoms with Gasteiger partial charge in [0.1, 0.15) is 24.2 Å². The quantitative estimate of drug-likeness (QED) is 0.599. The van der Waals surface area contributed by atoms with E-state index in [-0.39, 0.29) is 24.6 Å². The number of benzene rings is 2. The lowest BCUT2D eigenvalue weighted by molar-refractivity contribution is 0.0947. The Bertz CT molecular complexity index is 630.